The number of hydrogen-bond donors (Lipinski definition) is 3. The standard InChI is InChI=1S/C18H34.C15H31Cl.C5H13N.C3H8O.2C3H8.C2H6.CH5N/c1-7-14(2)10-13-17(18(4,5)6)16-11-8-15(3)9-12-16;1-7-14(16)10-9-13(11-12(3)4)15(5,6)8-2;1-3-5-6-4-2;1-3(2)4;2*1-3-2;2*1-2/h13-16H,7-12H2,1-6H3;12-14H,7-11H2,1-6H3;6H,3-5H2,1-2H3;3-4H,1-2H3;2*3H2,1-2H3;1-2H3;2H2,1H3/b17-13-;;;;;;;. The van der Waals surface area contributed by atoms with Gasteiger partial charge in [0, 0.05) is 11.5 Å². The Balaban J connectivity index is -0.000000111. The van der Waals surface area contributed by atoms with Gasteiger partial charge in [-0.05, 0) is 126 Å². The summed E-state index contributed by atoms with van der Waals surface area (Å²) in [6.45, 7) is 50.8. The molecule has 0 spiro atoms. The van der Waals surface area contributed by atoms with Crippen molar-refractivity contribution in [3.63, 3.8) is 0 Å². The third kappa shape index (κ3) is 54.0. The quantitative estimate of drug-likeness (QED) is 0.0879. The molecule has 4 N–H and O–H groups in total. The third-order valence-electron chi connectivity index (χ3n) is 9.48. The van der Waals surface area contributed by atoms with Crippen LogP contribution in [0.1, 0.15) is 242 Å². The highest BCUT2D eigenvalue weighted by Crippen LogP contribution is 2.41. The smallest absolute Gasteiger partial charge is 0.0483 e. The SMILES string of the molecule is CC.CC(C)O.CCC.CCC.CCC(C)C/C=C(/C1CCC(C)CC1)C(C)(C)C.CCC(Cl)CCC(CC(C)C)C(C)(C)CC.CCCNCC.CN. The van der Waals surface area contributed by atoms with Gasteiger partial charge in [-0.2, -0.15) is 0 Å². The predicted octanol–water partition coefficient (Wildman–Crippen LogP) is 16.9. The van der Waals surface area contributed by atoms with Gasteiger partial charge in [-0.25, -0.2) is 0 Å². The minimum absolute atomic E-state index is 0.167. The number of nitrogens with two attached hydrogens (primary N) is 1. The Hall–Kier alpha value is -0.0900. The van der Waals surface area contributed by atoms with Crippen LogP contribution in [0.5, 0.6) is 0 Å². The summed E-state index contributed by atoms with van der Waals surface area (Å²) in [4.78, 5) is 0. The molecule has 0 bridgehead atoms. The number of allylic oxidation sites excluding steroid dienone is 2. The van der Waals surface area contributed by atoms with Crippen LogP contribution in [0.3, 0.4) is 0 Å². The number of aliphatic hydroxyl groups excluding tert-OH is 1. The first kappa shape index (κ1) is 68.6. The van der Waals surface area contributed by atoms with Crippen LogP contribution >= 0.6 is 11.6 Å². The molecule has 1 aliphatic carbocycles. The van der Waals surface area contributed by atoms with E-state index in [-0.39, 0.29) is 6.10 Å². The van der Waals surface area contributed by atoms with Crippen molar-refractivity contribution >= 4 is 11.6 Å². The minimum atomic E-state index is -0.167. The van der Waals surface area contributed by atoms with Crippen molar-refractivity contribution in [2.24, 2.45) is 46.2 Å². The Labute approximate surface area is 352 Å². The van der Waals surface area contributed by atoms with E-state index in [2.05, 4.69) is 142 Å². The van der Waals surface area contributed by atoms with Crippen LogP contribution < -0.4 is 11.1 Å². The van der Waals surface area contributed by atoms with Crippen LogP contribution in [0, 0.1) is 40.4 Å². The summed E-state index contributed by atoms with van der Waals surface area (Å²) < 4.78 is 0. The lowest BCUT2D eigenvalue weighted by Gasteiger charge is -2.35. The van der Waals surface area contributed by atoms with E-state index in [1.807, 2.05) is 13.8 Å². The Bertz CT molecular complexity index is 666. The largest absolute Gasteiger partial charge is 0.394 e. The first-order chi connectivity index (χ1) is 25.1. The van der Waals surface area contributed by atoms with Crippen LogP contribution in [0.25, 0.3) is 0 Å². The fraction of sp³-hybridized carbons (Fsp3) is 0.960. The molecule has 3 atom stereocenters. The predicted molar refractivity (Wildman–Crippen MR) is 258 cm³/mol. The van der Waals surface area contributed by atoms with Crippen molar-refractivity contribution in [2.45, 2.75) is 254 Å². The van der Waals surface area contributed by atoms with Gasteiger partial charge in [-0.3, -0.25) is 0 Å². The van der Waals surface area contributed by atoms with E-state index in [0.717, 1.165) is 49.1 Å². The molecule has 0 saturated heterocycles. The van der Waals surface area contributed by atoms with Gasteiger partial charge >= 0.3 is 0 Å². The average molecular weight is 794 g/mol. The van der Waals surface area contributed by atoms with Gasteiger partial charge < -0.3 is 16.2 Å². The lowest BCUT2D eigenvalue weighted by Crippen LogP contribution is -2.25. The monoisotopic (exact) mass is 793 g/mol. The molecular weight excluding hydrogens is 680 g/mol. The molecule has 1 aliphatic rings. The Morgan fingerprint density at radius 3 is 1.48 bits per heavy atom. The molecule has 1 fully saturated rings. The van der Waals surface area contributed by atoms with Crippen LogP contribution in [-0.2, 0) is 0 Å². The maximum absolute atomic E-state index is 8.06. The van der Waals surface area contributed by atoms with Crippen molar-refractivity contribution in [1.29, 1.82) is 0 Å². The first-order valence-electron chi connectivity index (χ1n) is 23.5. The van der Waals surface area contributed by atoms with E-state index in [0.29, 0.717) is 16.2 Å². The molecule has 0 heterocycles. The van der Waals surface area contributed by atoms with E-state index in [9.17, 15) is 0 Å². The summed E-state index contributed by atoms with van der Waals surface area (Å²) in [5.41, 5.74) is 7.07. The molecule has 1 rings (SSSR count). The molecule has 336 valence electrons. The number of halogens is 1. The molecule has 0 radical (unpaired) electrons. The highest BCUT2D eigenvalue weighted by atomic mass is 35.5. The summed E-state index contributed by atoms with van der Waals surface area (Å²) in [5, 5.41) is 11.6. The second kappa shape index (κ2) is 49.1. The average Bonchev–Trinajstić information content (AvgIpc) is 3.11. The Morgan fingerprint density at radius 1 is 0.778 bits per heavy atom. The molecule has 0 aliphatic heterocycles. The van der Waals surface area contributed by atoms with Crippen molar-refractivity contribution in [3.05, 3.63) is 11.6 Å². The van der Waals surface area contributed by atoms with Crippen molar-refractivity contribution < 1.29 is 5.11 Å². The van der Waals surface area contributed by atoms with Gasteiger partial charge in [-0.1, -0.05) is 189 Å². The van der Waals surface area contributed by atoms with Gasteiger partial charge in [0.05, 0.1) is 0 Å². The molecule has 3 unspecified atom stereocenters. The summed E-state index contributed by atoms with van der Waals surface area (Å²) in [7, 11) is 1.50. The second-order valence-corrected chi connectivity index (χ2v) is 18.3. The topological polar surface area (TPSA) is 58.3 Å². The van der Waals surface area contributed by atoms with Crippen LogP contribution in [0.2, 0.25) is 0 Å². The summed E-state index contributed by atoms with van der Waals surface area (Å²) >= 11 is 6.24. The zero-order valence-electron chi connectivity index (χ0n) is 42.3. The van der Waals surface area contributed by atoms with Crippen LogP contribution in [0.15, 0.2) is 11.6 Å². The van der Waals surface area contributed by atoms with E-state index >= 15 is 0 Å². The number of aliphatic hydroxyl groups is 1. The highest BCUT2D eigenvalue weighted by Gasteiger charge is 2.29. The number of nitrogens with one attached hydrogen (secondary N) is 1. The molecule has 0 amide bonds. The van der Waals surface area contributed by atoms with Crippen LogP contribution in [-0.4, -0.2) is 36.7 Å². The maximum atomic E-state index is 8.06. The molecule has 0 aromatic heterocycles. The zero-order valence-corrected chi connectivity index (χ0v) is 43.1. The number of alkyl halides is 1. The second-order valence-electron chi connectivity index (χ2n) is 17.7. The first-order valence-corrected chi connectivity index (χ1v) is 23.9. The van der Waals surface area contributed by atoms with Crippen LogP contribution in [0.4, 0.5) is 0 Å². The molecular formula is C50H113ClN2O. The fourth-order valence-electron chi connectivity index (χ4n) is 5.78. The summed E-state index contributed by atoms with van der Waals surface area (Å²) in [6, 6.07) is 0. The van der Waals surface area contributed by atoms with Gasteiger partial charge in [0.15, 0.2) is 0 Å². The highest BCUT2D eigenvalue weighted by molar-refractivity contribution is 6.20. The number of rotatable bonds is 15. The van der Waals surface area contributed by atoms with Gasteiger partial charge in [0.2, 0.25) is 0 Å². The number of hydrogen-bond acceptors (Lipinski definition) is 3. The lowest BCUT2D eigenvalue weighted by molar-refractivity contribution is 0.159. The van der Waals surface area contributed by atoms with Crippen molar-refractivity contribution in [1.82, 2.24) is 5.32 Å². The maximum Gasteiger partial charge on any atom is 0.0483 e. The Kier molecular flexibility index (Phi) is 62.3. The molecule has 0 aromatic rings. The normalized spacial score (nSPS) is 16.9. The van der Waals surface area contributed by atoms with Gasteiger partial charge in [-0.15, -0.1) is 11.6 Å². The van der Waals surface area contributed by atoms with E-state index in [1.165, 1.54) is 90.5 Å². The van der Waals surface area contributed by atoms with E-state index < -0.39 is 0 Å². The molecule has 3 nitrogen and oxygen atoms in total. The third-order valence-corrected chi connectivity index (χ3v) is 10.0. The van der Waals surface area contributed by atoms with Crippen molar-refractivity contribution in [3.8, 4) is 0 Å². The van der Waals surface area contributed by atoms with Gasteiger partial charge in [0.25, 0.3) is 0 Å². The molecule has 54 heavy (non-hydrogen) atoms. The zero-order chi connectivity index (χ0) is 44.3. The summed E-state index contributed by atoms with van der Waals surface area (Å²) in [5.74, 6) is 4.28. The van der Waals surface area contributed by atoms with E-state index in [1.54, 1.807) is 19.4 Å². The summed E-state index contributed by atoms with van der Waals surface area (Å²) in [6.07, 6.45) is 20.6. The molecule has 1 saturated carbocycles. The lowest BCUT2D eigenvalue weighted by atomic mass is 9.70. The van der Waals surface area contributed by atoms with Crippen molar-refractivity contribution in [2.75, 3.05) is 20.1 Å². The van der Waals surface area contributed by atoms with E-state index in [4.69, 9.17) is 16.7 Å². The molecule has 4 heteroatoms. The Morgan fingerprint density at radius 2 is 1.20 bits per heavy atom. The van der Waals surface area contributed by atoms with Gasteiger partial charge in [0.1, 0.15) is 0 Å². The minimum Gasteiger partial charge on any atom is -0.394 e. The molecule has 0 aromatic carbocycles. The fourth-order valence-corrected chi connectivity index (χ4v) is 5.90.